The van der Waals surface area contributed by atoms with Crippen LogP contribution in [0.5, 0.6) is 0 Å². The van der Waals surface area contributed by atoms with Crippen molar-refractivity contribution in [3.63, 3.8) is 0 Å². The van der Waals surface area contributed by atoms with Gasteiger partial charge in [-0.05, 0) is 38.2 Å². The molecule has 0 atom stereocenters. The van der Waals surface area contributed by atoms with Crippen LogP contribution in [0.15, 0.2) is 47.6 Å². The number of hydrogen-bond donors (Lipinski definition) is 1. The van der Waals surface area contributed by atoms with Gasteiger partial charge in [-0.1, -0.05) is 48.2 Å². The number of carbonyl (C=O) groups excluding carboxylic acids is 4. The summed E-state index contributed by atoms with van der Waals surface area (Å²) in [5.74, 6) is -1.77. The van der Waals surface area contributed by atoms with Gasteiger partial charge in [-0.2, -0.15) is 0 Å². The van der Waals surface area contributed by atoms with Crippen molar-refractivity contribution in [2.45, 2.75) is 31.8 Å². The van der Waals surface area contributed by atoms with Crippen LogP contribution in [-0.4, -0.2) is 46.3 Å². The highest BCUT2D eigenvalue weighted by Gasteiger charge is 2.31. The number of carbonyl (C=O) groups is 4. The molecule has 0 unspecified atom stereocenters. The molecule has 0 radical (unpaired) electrons. The number of nitrogens with zero attached hydrogens (tertiary/aromatic N) is 2. The molecule has 0 aliphatic heterocycles. The van der Waals surface area contributed by atoms with Crippen LogP contribution < -0.4 is 5.32 Å². The fourth-order valence-electron chi connectivity index (χ4n) is 4.04. The van der Waals surface area contributed by atoms with E-state index in [-0.39, 0.29) is 34.8 Å². The lowest BCUT2D eigenvalue weighted by atomic mass is 9.83. The summed E-state index contributed by atoms with van der Waals surface area (Å²) in [6.45, 7) is 3.22. The number of hydrogen-bond acceptors (Lipinski definition) is 8. The van der Waals surface area contributed by atoms with Gasteiger partial charge in [0.25, 0.3) is 5.91 Å². The van der Waals surface area contributed by atoms with E-state index in [9.17, 15) is 19.2 Å². The number of rotatable bonds is 7. The van der Waals surface area contributed by atoms with Gasteiger partial charge in [-0.15, -0.1) is 0 Å². The smallest absolute Gasteiger partial charge is 0.306 e. The minimum Gasteiger partial charge on any atom is -0.456 e. The first-order chi connectivity index (χ1) is 16.8. The summed E-state index contributed by atoms with van der Waals surface area (Å²) in [7, 11) is 0. The zero-order chi connectivity index (χ0) is 25.1. The van der Waals surface area contributed by atoms with E-state index < -0.39 is 18.5 Å². The monoisotopic (exact) mass is 489 g/mol. The summed E-state index contributed by atoms with van der Waals surface area (Å²) < 4.78 is 5.12. The average molecular weight is 490 g/mol. The number of nitrogens with one attached hydrogen (secondary N) is 1. The second kappa shape index (κ2) is 10.2. The molecule has 0 bridgehead atoms. The number of esters is 1. The van der Waals surface area contributed by atoms with Gasteiger partial charge < -0.3 is 10.1 Å². The Kier molecular flexibility index (Phi) is 7.07. The van der Waals surface area contributed by atoms with Crippen molar-refractivity contribution in [1.29, 1.82) is 0 Å². The molecule has 4 rings (SSSR count). The van der Waals surface area contributed by atoms with Gasteiger partial charge in [0.05, 0.1) is 11.3 Å². The normalized spacial score (nSPS) is 12.1. The van der Waals surface area contributed by atoms with Crippen molar-refractivity contribution in [3.8, 4) is 0 Å². The Labute approximate surface area is 206 Å². The lowest BCUT2D eigenvalue weighted by Crippen LogP contribution is -2.26. The van der Waals surface area contributed by atoms with Crippen LogP contribution in [0.2, 0.25) is 0 Å². The summed E-state index contributed by atoms with van der Waals surface area (Å²) in [4.78, 5) is 59.4. The highest BCUT2D eigenvalue weighted by molar-refractivity contribution is 7.98. The molecule has 1 heterocycles. The van der Waals surface area contributed by atoms with E-state index in [0.717, 1.165) is 17.0 Å². The molecule has 0 saturated heterocycles. The van der Waals surface area contributed by atoms with Gasteiger partial charge in [-0.25, -0.2) is 9.97 Å². The molecule has 3 aromatic rings. The number of ketones is 2. The summed E-state index contributed by atoms with van der Waals surface area (Å²) in [6.07, 6.45) is 2.37. The minimum absolute atomic E-state index is 0.0709. The third kappa shape index (κ3) is 5.00. The summed E-state index contributed by atoms with van der Waals surface area (Å²) in [5.41, 5.74) is 3.68. The molecular formula is C26H23N3O5S. The summed E-state index contributed by atoms with van der Waals surface area (Å²) >= 11 is 1.45. The van der Waals surface area contributed by atoms with E-state index in [1.54, 1.807) is 42.5 Å². The van der Waals surface area contributed by atoms with Gasteiger partial charge in [0.2, 0.25) is 0 Å². The molecule has 0 fully saturated rings. The van der Waals surface area contributed by atoms with Crippen LogP contribution in [0.25, 0.3) is 0 Å². The number of aryl methyl sites for hydroxylation is 2. The lowest BCUT2D eigenvalue weighted by Gasteiger charge is -2.20. The number of aromatic nitrogens is 2. The Morgan fingerprint density at radius 3 is 2.20 bits per heavy atom. The van der Waals surface area contributed by atoms with Crippen molar-refractivity contribution in [3.05, 3.63) is 81.7 Å². The number of amides is 1. The molecule has 9 heteroatoms. The van der Waals surface area contributed by atoms with E-state index in [1.807, 2.05) is 20.1 Å². The Morgan fingerprint density at radius 1 is 0.914 bits per heavy atom. The van der Waals surface area contributed by atoms with Crippen LogP contribution in [0.3, 0.4) is 0 Å². The van der Waals surface area contributed by atoms with Crippen LogP contribution in [0, 0.1) is 13.8 Å². The fourth-order valence-corrected chi connectivity index (χ4v) is 4.50. The van der Waals surface area contributed by atoms with Gasteiger partial charge in [0.1, 0.15) is 0 Å². The van der Waals surface area contributed by atoms with Gasteiger partial charge in [0, 0.05) is 34.5 Å². The lowest BCUT2D eigenvalue weighted by molar-refractivity contribution is -0.147. The Bertz CT molecular complexity index is 1350. The number of fused-ring (bicyclic) bond motifs is 2. The molecule has 1 aromatic heterocycles. The van der Waals surface area contributed by atoms with Crippen LogP contribution >= 0.6 is 11.8 Å². The first-order valence-electron chi connectivity index (χ1n) is 10.9. The molecule has 2 aromatic carbocycles. The summed E-state index contributed by atoms with van der Waals surface area (Å²) in [6, 6.07) is 11.3. The molecule has 8 nitrogen and oxygen atoms in total. The van der Waals surface area contributed by atoms with Gasteiger partial charge >= 0.3 is 5.97 Å². The third-order valence-corrected chi connectivity index (χ3v) is 6.30. The first-order valence-corrected chi connectivity index (χ1v) is 12.2. The molecular weight excluding hydrogens is 466 g/mol. The third-order valence-electron chi connectivity index (χ3n) is 5.75. The molecule has 1 amide bonds. The maximum absolute atomic E-state index is 13.0. The quantitative estimate of drug-likeness (QED) is 0.237. The van der Waals surface area contributed by atoms with E-state index in [4.69, 9.17) is 4.74 Å². The highest BCUT2D eigenvalue weighted by atomic mass is 32.2. The zero-order valence-electron chi connectivity index (χ0n) is 19.5. The maximum atomic E-state index is 13.0. The summed E-state index contributed by atoms with van der Waals surface area (Å²) in [5, 5.41) is 3.28. The van der Waals surface area contributed by atoms with Crippen molar-refractivity contribution in [2.75, 3.05) is 18.2 Å². The van der Waals surface area contributed by atoms with Crippen LogP contribution in [0.1, 0.15) is 55.2 Å². The Balaban J connectivity index is 1.38. The Hall–Kier alpha value is -3.85. The van der Waals surface area contributed by atoms with Crippen LogP contribution in [-0.2, 0) is 20.7 Å². The van der Waals surface area contributed by atoms with E-state index in [1.165, 1.54) is 11.8 Å². The molecule has 1 aliphatic carbocycles. The molecule has 35 heavy (non-hydrogen) atoms. The first kappa shape index (κ1) is 24.3. The number of ether oxygens (including phenoxy) is 1. The number of benzene rings is 2. The largest absolute Gasteiger partial charge is 0.456 e. The predicted molar refractivity (Wildman–Crippen MR) is 131 cm³/mol. The minimum atomic E-state index is -0.606. The van der Waals surface area contributed by atoms with E-state index in [2.05, 4.69) is 15.3 Å². The molecule has 1 aliphatic rings. The van der Waals surface area contributed by atoms with Gasteiger partial charge in [0.15, 0.2) is 23.3 Å². The van der Waals surface area contributed by atoms with E-state index in [0.29, 0.717) is 22.7 Å². The predicted octanol–water partition coefficient (Wildman–Crippen LogP) is 3.71. The molecule has 178 valence electrons. The average Bonchev–Trinajstić information content (AvgIpc) is 2.85. The zero-order valence-corrected chi connectivity index (χ0v) is 20.3. The standard InChI is InChI=1S/C26H23N3O5S/c1-14-16(15(2)28-26(27-14)35-3)11-12-22(31)34-13-21(30)29-20-10-6-9-19-23(20)25(33)18-8-5-4-7-17(18)24(19)32/h4-10H,11-13H2,1-3H3,(H,29,30). The maximum Gasteiger partial charge on any atom is 0.306 e. The second-order valence-electron chi connectivity index (χ2n) is 8.00. The number of thioether (sulfide) groups is 1. The van der Waals surface area contributed by atoms with E-state index >= 15 is 0 Å². The van der Waals surface area contributed by atoms with Crippen molar-refractivity contribution in [1.82, 2.24) is 9.97 Å². The molecule has 1 N–H and O–H groups in total. The SMILES string of the molecule is CSc1nc(C)c(CCC(=O)OCC(=O)Nc2cccc3c2C(=O)c2ccccc2C3=O)c(C)n1. The number of anilines is 1. The second-order valence-corrected chi connectivity index (χ2v) is 8.77. The fraction of sp³-hybridized carbons (Fsp3) is 0.231. The van der Waals surface area contributed by atoms with Crippen molar-refractivity contribution >= 4 is 40.9 Å². The van der Waals surface area contributed by atoms with Gasteiger partial charge in [-0.3, -0.25) is 19.2 Å². The highest BCUT2D eigenvalue weighted by Crippen LogP contribution is 2.31. The van der Waals surface area contributed by atoms with Crippen LogP contribution in [0.4, 0.5) is 5.69 Å². The Morgan fingerprint density at radius 2 is 1.54 bits per heavy atom. The molecule has 0 spiro atoms. The topological polar surface area (TPSA) is 115 Å². The van der Waals surface area contributed by atoms with Crippen molar-refractivity contribution < 1.29 is 23.9 Å². The molecule has 0 saturated carbocycles. The van der Waals surface area contributed by atoms with Crippen molar-refractivity contribution in [2.24, 2.45) is 0 Å².